The van der Waals surface area contributed by atoms with Crippen LogP contribution in [-0.4, -0.2) is 20.7 Å². The van der Waals surface area contributed by atoms with Crippen molar-refractivity contribution in [1.82, 2.24) is 9.59 Å². The molecule has 1 atom stereocenters. The zero-order valence-electron chi connectivity index (χ0n) is 7.44. The summed E-state index contributed by atoms with van der Waals surface area (Å²) in [7, 11) is 0. The van der Waals surface area contributed by atoms with Crippen LogP contribution in [0.3, 0.4) is 0 Å². The van der Waals surface area contributed by atoms with Crippen molar-refractivity contribution in [2.75, 3.05) is 0 Å². The van der Waals surface area contributed by atoms with Crippen LogP contribution in [0.15, 0.2) is 5.38 Å². The molecule has 2 rings (SSSR count). The van der Waals surface area contributed by atoms with Gasteiger partial charge in [-0.1, -0.05) is 18.3 Å². The van der Waals surface area contributed by atoms with Crippen molar-refractivity contribution in [2.45, 2.75) is 25.7 Å². The Kier molecular flexibility index (Phi) is 1.52. The maximum atomic E-state index is 11.1. The summed E-state index contributed by atoms with van der Waals surface area (Å²) in [5, 5.41) is 14.7. The van der Waals surface area contributed by atoms with Crippen molar-refractivity contribution in [2.24, 2.45) is 5.41 Å². The van der Waals surface area contributed by atoms with E-state index < -0.39 is 11.4 Å². The molecule has 1 heterocycles. The molecule has 70 valence electrons. The largest absolute Gasteiger partial charge is 0.481 e. The molecule has 0 radical (unpaired) electrons. The Hall–Kier alpha value is -0.970. The van der Waals surface area contributed by atoms with Crippen LogP contribution in [0, 0.1) is 5.41 Å². The lowest BCUT2D eigenvalue weighted by molar-refractivity contribution is -0.141. The lowest BCUT2D eigenvalue weighted by Crippen LogP contribution is -2.25. The summed E-state index contributed by atoms with van der Waals surface area (Å²) in [6.45, 7) is 3.89. The molecule has 0 saturated heterocycles. The summed E-state index contributed by atoms with van der Waals surface area (Å²) in [5.74, 6) is -0.787. The molecule has 5 heteroatoms. The third kappa shape index (κ3) is 0.934. The minimum atomic E-state index is -0.787. The molecule has 1 aromatic rings. The molecule has 0 aromatic carbocycles. The SMILES string of the molecule is CC1(C)CC1(C(=O)O)c1csnn1. The molecule has 0 bridgehead atoms. The molecule has 1 fully saturated rings. The van der Waals surface area contributed by atoms with E-state index in [1.165, 1.54) is 11.5 Å². The van der Waals surface area contributed by atoms with Gasteiger partial charge in [-0.3, -0.25) is 4.79 Å². The summed E-state index contributed by atoms with van der Waals surface area (Å²) in [5.41, 5.74) is -0.357. The maximum Gasteiger partial charge on any atom is 0.316 e. The van der Waals surface area contributed by atoms with Gasteiger partial charge in [-0.15, -0.1) is 5.10 Å². The third-order valence-electron chi connectivity index (χ3n) is 2.90. The van der Waals surface area contributed by atoms with Crippen LogP contribution in [0.4, 0.5) is 0 Å². The molecule has 1 unspecified atom stereocenters. The second-order valence-electron chi connectivity index (χ2n) is 4.06. The van der Waals surface area contributed by atoms with Crippen molar-refractivity contribution in [3.63, 3.8) is 0 Å². The van der Waals surface area contributed by atoms with Crippen LogP contribution >= 0.6 is 11.5 Å². The highest BCUT2D eigenvalue weighted by Crippen LogP contribution is 2.64. The molecule has 13 heavy (non-hydrogen) atoms. The van der Waals surface area contributed by atoms with E-state index in [4.69, 9.17) is 5.11 Å². The Bertz CT molecular complexity index is 347. The van der Waals surface area contributed by atoms with Gasteiger partial charge in [0.1, 0.15) is 5.41 Å². The van der Waals surface area contributed by atoms with Crippen LogP contribution in [0.5, 0.6) is 0 Å². The number of rotatable bonds is 2. The predicted octanol–water partition coefficient (Wildman–Crippen LogP) is 1.29. The van der Waals surface area contributed by atoms with Crippen LogP contribution < -0.4 is 0 Å². The van der Waals surface area contributed by atoms with E-state index in [1.54, 1.807) is 5.38 Å². The molecular weight excluding hydrogens is 188 g/mol. The first-order valence-electron chi connectivity index (χ1n) is 4.02. The summed E-state index contributed by atoms with van der Waals surface area (Å²) in [4.78, 5) is 11.1. The fraction of sp³-hybridized carbons (Fsp3) is 0.625. The van der Waals surface area contributed by atoms with E-state index in [2.05, 4.69) is 9.59 Å². The minimum Gasteiger partial charge on any atom is -0.481 e. The fourth-order valence-corrected chi connectivity index (χ4v) is 2.41. The quantitative estimate of drug-likeness (QED) is 0.777. The first-order valence-corrected chi connectivity index (χ1v) is 4.85. The van der Waals surface area contributed by atoms with E-state index in [0.29, 0.717) is 12.1 Å². The summed E-state index contributed by atoms with van der Waals surface area (Å²) >= 11 is 1.20. The van der Waals surface area contributed by atoms with Gasteiger partial charge in [0.2, 0.25) is 0 Å². The van der Waals surface area contributed by atoms with Crippen LogP contribution in [0.1, 0.15) is 26.0 Å². The number of nitrogens with zero attached hydrogens (tertiary/aromatic N) is 2. The van der Waals surface area contributed by atoms with Crippen molar-refractivity contribution in [3.8, 4) is 0 Å². The van der Waals surface area contributed by atoms with Gasteiger partial charge in [0.05, 0.1) is 5.69 Å². The third-order valence-corrected chi connectivity index (χ3v) is 3.40. The highest BCUT2D eigenvalue weighted by Gasteiger charge is 2.69. The van der Waals surface area contributed by atoms with Crippen molar-refractivity contribution in [3.05, 3.63) is 11.1 Å². The number of hydrogen-bond acceptors (Lipinski definition) is 4. The molecule has 1 aliphatic carbocycles. The highest BCUT2D eigenvalue weighted by molar-refractivity contribution is 7.03. The Morgan fingerprint density at radius 3 is 2.62 bits per heavy atom. The number of carboxylic acid groups (broad SMARTS) is 1. The van der Waals surface area contributed by atoms with E-state index in [0.717, 1.165) is 0 Å². The monoisotopic (exact) mass is 198 g/mol. The first-order chi connectivity index (χ1) is 6.01. The molecule has 4 nitrogen and oxygen atoms in total. The standard InChI is InChI=1S/C8H10N2O2S/c1-7(2)4-8(7,6(11)12)5-3-13-10-9-5/h3H,4H2,1-2H3,(H,11,12). The van der Waals surface area contributed by atoms with E-state index in [9.17, 15) is 4.79 Å². The van der Waals surface area contributed by atoms with Gasteiger partial charge in [-0.05, 0) is 23.4 Å². The Labute approximate surface area is 79.8 Å². The second kappa shape index (κ2) is 2.29. The number of aromatic nitrogens is 2. The van der Waals surface area contributed by atoms with Crippen molar-refractivity contribution >= 4 is 17.5 Å². The van der Waals surface area contributed by atoms with Crippen molar-refractivity contribution < 1.29 is 9.90 Å². The average molecular weight is 198 g/mol. The van der Waals surface area contributed by atoms with Crippen LogP contribution in [0.2, 0.25) is 0 Å². The Morgan fingerprint density at radius 1 is 1.69 bits per heavy atom. The molecule has 1 saturated carbocycles. The summed E-state index contributed by atoms with van der Waals surface area (Å²) in [6.07, 6.45) is 0.654. The van der Waals surface area contributed by atoms with Gasteiger partial charge in [0.15, 0.2) is 0 Å². The van der Waals surface area contributed by atoms with Gasteiger partial charge in [-0.25, -0.2) is 0 Å². The van der Waals surface area contributed by atoms with Crippen LogP contribution in [-0.2, 0) is 10.2 Å². The molecule has 0 spiro atoms. The molecule has 0 aliphatic heterocycles. The fourth-order valence-electron chi connectivity index (χ4n) is 1.88. The zero-order chi connectivity index (χ0) is 9.69. The summed E-state index contributed by atoms with van der Waals surface area (Å²) < 4.78 is 3.70. The minimum absolute atomic E-state index is 0.186. The van der Waals surface area contributed by atoms with Crippen molar-refractivity contribution in [1.29, 1.82) is 0 Å². The van der Waals surface area contributed by atoms with Gasteiger partial charge < -0.3 is 5.11 Å². The zero-order valence-corrected chi connectivity index (χ0v) is 8.26. The van der Waals surface area contributed by atoms with E-state index in [1.807, 2.05) is 13.8 Å². The normalized spacial score (nSPS) is 30.0. The second-order valence-corrected chi connectivity index (χ2v) is 4.67. The topological polar surface area (TPSA) is 63.1 Å². The highest BCUT2D eigenvalue weighted by atomic mass is 32.1. The van der Waals surface area contributed by atoms with Gasteiger partial charge in [0, 0.05) is 5.38 Å². The molecule has 0 amide bonds. The number of hydrogen-bond donors (Lipinski definition) is 1. The van der Waals surface area contributed by atoms with E-state index >= 15 is 0 Å². The smallest absolute Gasteiger partial charge is 0.316 e. The summed E-state index contributed by atoms with van der Waals surface area (Å²) in [6, 6.07) is 0. The lowest BCUT2D eigenvalue weighted by atomic mass is 9.93. The van der Waals surface area contributed by atoms with Crippen LogP contribution in [0.25, 0.3) is 0 Å². The number of carbonyl (C=O) groups is 1. The molecule has 1 aliphatic rings. The average Bonchev–Trinajstić information content (AvgIpc) is 2.52. The van der Waals surface area contributed by atoms with Gasteiger partial charge in [-0.2, -0.15) is 0 Å². The maximum absolute atomic E-state index is 11.1. The van der Waals surface area contributed by atoms with Gasteiger partial charge in [0.25, 0.3) is 0 Å². The van der Waals surface area contributed by atoms with Gasteiger partial charge >= 0.3 is 5.97 Å². The predicted molar refractivity (Wildman–Crippen MR) is 47.6 cm³/mol. The Balaban J connectivity index is 2.45. The lowest BCUT2D eigenvalue weighted by Gasteiger charge is -2.11. The van der Waals surface area contributed by atoms with E-state index in [-0.39, 0.29) is 5.41 Å². The number of carboxylic acids is 1. The molecular formula is C8H10N2O2S. The first kappa shape index (κ1) is 8.62. The Morgan fingerprint density at radius 2 is 2.31 bits per heavy atom. The molecule has 1 N–H and O–H groups in total. The molecule has 1 aromatic heterocycles. The number of aliphatic carboxylic acids is 1.